The number of carbonyl (C=O) groups excluding carboxylic acids is 1. The smallest absolute Gasteiger partial charge is 0.244 e. The number of hydrogen-bond acceptors (Lipinski definition) is 6. The quantitative estimate of drug-likeness (QED) is 0.389. The number of carbonyl (C=O) groups is 1. The van der Waals surface area contributed by atoms with Crippen LogP contribution in [-0.4, -0.2) is 40.2 Å². The monoisotopic (exact) mass is 524 g/mol. The molecule has 1 amide bonds. The van der Waals surface area contributed by atoms with Crippen LogP contribution in [0.4, 0.5) is 5.69 Å². The van der Waals surface area contributed by atoms with Crippen LogP contribution in [0.5, 0.6) is 11.5 Å². The first-order valence-electron chi connectivity index (χ1n) is 9.89. The lowest BCUT2D eigenvalue weighted by Crippen LogP contribution is -2.33. The number of methoxy groups -OCH3 is 2. The average molecular weight is 525 g/mol. The van der Waals surface area contributed by atoms with Crippen molar-refractivity contribution < 1.29 is 27.8 Å². The topological polar surface area (TPSA) is 114 Å². The predicted octanol–water partition coefficient (Wildman–Crippen LogP) is 4.01. The van der Waals surface area contributed by atoms with Crippen molar-refractivity contribution in [2.45, 2.75) is 11.0 Å². The van der Waals surface area contributed by atoms with Crippen LogP contribution in [0.3, 0.4) is 0 Å². The van der Waals surface area contributed by atoms with Crippen molar-refractivity contribution in [2.75, 3.05) is 26.1 Å². The van der Waals surface area contributed by atoms with E-state index in [9.17, 15) is 18.3 Å². The van der Waals surface area contributed by atoms with Gasteiger partial charge >= 0.3 is 0 Å². The Kier molecular flexibility index (Phi) is 8.40. The van der Waals surface area contributed by atoms with E-state index in [1.54, 1.807) is 30.3 Å². The second kappa shape index (κ2) is 11.1. The summed E-state index contributed by atoms with van der Waals surface area (Å²) in [6.07, 6.45) is -1.18. The highest BCUT2D eigenvalue weighted by atomic mass is 35.5. The van der Waals surface area contributed by atoms with Crippen molar-refractivity contribution in [3.05, 3.63) is 81.8 Å². The van der Waals surface area contributed by atoms with E-state index in [1.807, 2.05) is 0 Å². The molecule has 0 saturated heterocycles. The normalized spacial score (nSPS) is 12.1. The van der Waals surface area contributed by atoms with Crippen LogP contribution in [0.25, 0.3) is 0 Å². The first-order chi connectivity index (χ1) is 16.2. The average Bonchev–Trinajstić information content (AvgIpc) is 2.83. The number of aliphatic hydroxyl groups is 1. The first-order valence-corrected chi connectivity index (χ1v) is 12.1. The van der Waals surface area contributed by atoms with E-state index in [4.69, 9.17) is 32.7 Å². The van der Waals surface area contributed by atoms with Crippen LogP contribution in [0.2, 0.25) is 10.0 Å². The number of hydrogen-bond donors (Lipinski definition) is 3. The molecule has 0 spiro atoms. The van der Waals surface area contributed by atoms with Crippen molar-refractivity contribution >= 4 is 44.8 Å². The molecule has 180 valence electrons. The van der Waals surface area contributed by atoms with Crippen LogP contribution in [0, 0.1) is 0 Å². The van der Waals surface area contributed by atoms with E-state index >= 15 is 0 Å². The van der Waals surface area contributed by atoms with Gasteiger partial charge in [-0.3, -0.25) is 4.79 Å². The van der Waals surface area contributed by atoms with E-state index in [2.05, 4.69) is 10.0 Å². The van der Waals surface area contributed by atoms with Crippen LogP contribution >= 0.6 is 23.2 Å². The zero-order chi connectivity index (χ0) is 24.9. The summed E-state index contributed by atoms with van der Waals surface area (Å²) in [6.45, 7) is -0.576. The first kappa shape index (κ1) is 25.8. The van der Waals surface area contributed by atoms with Crippen LogP contribution < -0.4 is 19.5 Å². The lowest BCUT2D eigenvalue weighted by Gasteiger charge is -2.18. The molecule has 34 heavy (non-hydrogen) atoms. The van der Waals surface area contributed by atoms with Gasteiger partial charge in [-0.25, -0.2) is 13.1 Å². The molecule has 8 nitrogen and oxygen atoms in total. The number of amides is 1. The van der Waals surface area contributed by atoms with E-state index in [1.165, 1.54) is 44.6 Å². The number of anilines is 1. The zero-order valence-corrected chi connectivity index (χ0v) is 20.5. The van der Waals surface area contributed by atoms with Crippen molar-refractivity contribution in [2.24, 2.45) is 0 Å². The number of rotatable bonds is 9. The second-order valence-electron chi connectivity index (χ2n) is 7.05. The standard InChI is InChI=1S/C23H22Cl2N2O6S/c1-32-15-8-10-20(33-2)21(12-15)34(30,31)26-13-22(28)27-19-9-7-14(24)11-17(19)23(29)16-5-3-4-6-18(16)25/h3-12,23,26,29H,13H2,1-2H3,(H,27,28). The maximum atomic E-state index is 12.8. The lowest BCUT2D eigenvalue weighted by atomic mass is 9.99. The molecule has 3 N–H and O–H groups in total. The third-order valence-corrected chi connectivity index (χ3v) is 6.87. The molecule has 0 bridgehead atoms. The molecule has 3 rings (SSSR count). The van der Waals surface area contributed by atoms with Crippen molar-refractivity contribution in [1.82, 2.24) is 4.72 Å². The number of benzene rings is 3. The van der Waals surface area contributed by atoms with E-state index < -0.39 is 28.6 Å². The molecule has 0 radical (unpaired) electrons. The van der Waals surface area contributed by atoms with Gasteiger partial charge in [0.05, 0.1) is 20.8 Å². The molecule has 0 aliphatic carbocycles. The fraction of sp³-hybridized carbons (Fsp3) is 0.174. The summed E-state index contributed by atoms with van der Waals surface area (Å²) in [5.41, 5.74) is 0.971. The Hall–Kier alpha value is -2.82. The molecule has 0 fully saturated rings. The molecule has 11 heteroatoms. The van der Waals surface area contributed by atoms with E-state index in [0.717, 1.165) is 0 Å². The summed E-state index contributed by atoms with van der Waals surface area (Å²) in [4.78, 5) is 12.4. The number of nitrogens with one attached hydrogen (secondary N) is 2. The van der Waals surface area contributed by atoms with Crippen LogP contribution in [-0.2, 0) is 14.8 Å². The maximum absolute atomic E-state index is 12.8. The molecule has 1 atom stereocenters. The number of halogens is 2. The van der Waals surface area contributed by atoms with Crippen molar-refractivity contribution in [3.8, 4) is 11.5 Å². The molecule has 0 aromatic heterocycles. The third-order valence-electron chi connectivity index (χ3n) is 4.87. The van der Waals surface area contributed by atoms with Gasteiger partial charge < -0.3 is 19.9 Å². The van der Waals surface area contributed by atoms with Gasteiger partial charge in [0.1, 0.15) is 22.5 Å². The Bertz CT molecular complexity index is 1300. The van der Waals surface area contributed by atoms with Gasteiger partial charge in [-0.1, -0.05) is 41.4 Å². The summed E-state index contributed by atoms with van der Waals surface area (Å²) in [5, 5.41) is 14.2. The Labute approximate surface area is 207 Å². The molecule has 0 aliphatic rings. The van der Waals surface area contributed by atoms with E-state index in [-0.39, 0.29) is 16.3 Å². The fourth-order valence-corrected chi connectivity index (χ4v) is 4.75. The van der Waals surface area contributed by atoms with Crippen LogP contribution in [0.15, 0.2) is 65.6 Å². The SMILES string of the molecule is COc1ccc(OC)c(S(=O)(=O)NCC(=O)Nc2ccc(Cl)cc2C(O)c2ccccc2Cl)c1. The molecule has 0 aliphatic heterocycles. The highest BCUT2D eigenvalue weighted by Crippen LogP contribution is 2.34. The Morgan fingerprint density at radius 3 is 2.41 bits per heavy atom. The van der Waals surface area contributed by atoms with Gasteiger partial charge in [-0.15, -0.1) is 0 Å². The number of sulfonamides is 1. The predicted molar refractivity (Wildman–Crippen MR) is 130 cm³/mol. The van der Waals surface area contributed by atoms with Crippen molar-refractivity contribution in [1.29, 1.82) is 0 Å². The summed E-state index contributed by atoms with van der Waals surface area (Å²) in [7, 11) is -1.37. The molecule has 3 aromatic carbocycles. The summed E-state index contributed by atoms with van der Waals surface area (Å²) in [5.74, 6) is -0.262. The summed E-state index contributed by atoms with van der Waals surface area (Å²) in [6, 6.07) is 15.5. The third kappa shape index (κ3) is 5.99. The number of ether oxygens (including phenoxy) is 2. The molecule has 1 unspecified atom stereocenters. The molecule has 3 aromatic rings. The minimum atomic E-state index is -4.11. The highest BCUT2D eigenvalue weighted by Gasteiger charge is 2.23. The Morgan fingerprint density at radius 1 is 1.00 bits per heavy atom. The van der Waals surface area contributed by atoms with Gasteiger partial charge in [0.15, 0.2) is 0 Å². The lowest BCUT2D eigenvalue weighted by molar-refractivity contribution is -0.115. The Balaban J connectivity index is 1.79. The molecular formula is C23H22Cl2N2O6S. The molecule has 0 heterocycles. The largest absolute Gasteiger partial charge is 0.497 e. The van der Waals surface area contributed by atoms with Gasteiger partial charge in [0, 0.05) is 32.9 Å². The molecular weight excluding hydrogens is 503 g/mol. The Morgan fingerprint density at radius 2 is 1.74 bits per heavy atom. The van der Waals surface area contributed by atoms with E-state index in [0.29, 0.717) is 26.9 Å². The van der Waals surface area contributed by atoms with Gasteiger partial charge in [-0.05, 0) is 36.4 Å². The van der Waals surface area contributed by atoms with Crippen LogP contribution in [0.1, 0.15) is 17.2 Å². The minimum Gasteiger partial charge on any atom is -0.497 e. The fourth-order valence-electron chi connectivity index (χ4n) is 3.16. The van der Waals surface area contributed by atoms with Gasteiger partial charge in [0.2, 0.25) is 15.9 Å². The highest BCUT2D eigenvalue weighted by molar-refractivity contribution is 7.89. The summed E-state index contributed by atoms with van der Waals surface area (Å²) >= 11 is 12.3. The number of aliphatic hydroxyl groups excluding tert-OH is 1. The minimum absolute atomic E-state index is 0.0940. The van der Waals surface area contributed by atoms with Crippen molar-refractivity contribution in [3.63, 3.8) is 0 Å². The van der Waals surface area contributed by atoms with Gasteiger partial charge in [-0.2, -0.15) is 0 Å². The maximum Gasteiger partial charge on any atom is 0.244 e. The molecule has 0 saturated carbocycles. The summed E-state index contributed by atoms with van der Waals surface area (Å²) < 4.78 is 38.0. The second-order valence-corrected chi connectivity index (χ2v) is 9.62. The zero-order valence-electron chi connectivity index (χ0n) is 18.2. The van der Waals surface area contributed by atoms with Gasteiger partial charge in [0.25, 0.3) is 0 Å².